The third kappa shape index (κ3) is 4.75. The van der Waals surface area contributed by atoms with Crippen LogP contribution in [0.25, 0.3) is 11.0 Å². The van der Waals surface area contributed by atoms with Gasteiger partial charge in [-0.25, -0.2) is 14.4 Å². The van der Waals surface area contributed by atoms with E-state index in [-0.39, 0.29) is 6.10 Å². The molecule has 1 N–H and O–H groups in total. The van der Waals surface area contributed by atoms with Crippen molar-refractivity contribution in [3.8, 4) is 5.75 Å². The number of nitrogens with zero attached hydrogens (tertiary/aromatic N) is 4. The number of halogens is 1. The molecule has 0 radical (unpaired) electrons. The maximum atomic E-state index is 12.7. The normalized spacial score (nSPS) is 21.5. The smallest absolute Gasteiger partial charge is 0.149 e. The number of anilines is 2. The minimum absolute atomic E-state index is 0.139. The van der Waals surface area contributed by atoms with E-state index in [2.05, 4.69) is 37.3 Å². The van der Waals surface area contributed by atoms with Gasteiger partial charge in [0, 0.05) is 55.0 Å². The van der Waals surface area contributed by atoms with Crippen LogP contribution >= 0.6 is 0 Å². The summed E-state index contributed by atoms with van der Waals surface area (Å²) in [6.07, 6.45) is 9.04. The van der Waals surface area contributed by atoms with E-state index in [0.29, 0.717) is 11.6 Å². The Labute approximate surface area is 187 Å². The molecule has 0 spiro atoms. The number of aromatic nitrogens is 3. The minimum Gasteiger partial charge on any atom is -0.488 e. The molecule has 168 valence electrons. The molecular weight excluding hydrogens is 409 g/mol. The molecule has 8 heteroatoms. The first-order valence-electron chi connectivity index (χ1n) is 11.3. The lowest BCUT2D eigenvalue weighted by atomic mass is 9.93. The lowest BCUT2D eigenvalue weighted by Crippen LogP contribution is -2.36. The number of fused-ring (bicyclic) bond motifs is 1. The van der Waals surface area contributed by atoms with E-state index in [1.807, 2.05) is 6.07 Å². The Morgan fingerprint density at radius 3 is 2.59 bits per heavy atom. The van der Waals surface area contributed by atoms with Crippen molar-refractivity contribution in [2.45, 2.75) is 44.5 Å². The Hall–Kier alpha value is -3.00. The molecule has 1 saturated carbocycles. The maximum absolute atomic E-state index is 12.7. The van der Waals surface area contributed by atoms with Gasteiger partial charge in [-0.2, -0.15) is 0 Å². The second kappa shape index (κ2) is 9.65. The van der Waals surface area contributed by atoms with Crippen LogP contribution in [0.5, 0.6) is 5.75 Å². The first kappa shape index (κ1) is 20.9. The van der Waals surface area contributed by atoms with Crippen molar-refractivity contribution < 1.29 is 13.9 Å². The fourth-order valence-corrected chi connectivity index (χ4v) is 4.43. The van der Waals surface area contributed by atoms with Crippen LogP contribution in [0.2, 0.25) is 0 Å². The zero-order valence-electron chi connectivity index (χ0n) is 18.0. The Kier molecular flexibility index (Phi) is 6.29. The molecule has 7 nitrogen and oxygen atoms in total. The standard InChI is InChI=1S/C24H28FN5O2/c25-15-17-1-6-23(28-16-17)29-18-2-4-20(5-3-18)32-22-14-19(30-9-11-31-12-10-30)13-21-24(22)27-8-7-26-21/h1,6-8,13-14,16,18,20H,2-5,9-12,15H2,(H,28,29). The number of nitrogens with one attached hydrogen (secondary N) is 1. The average molecular weight is 438 g/mol. The van der Waals surface area contributed by atoms with Gasteiger partial charge in [0.1, 0.15) is 23.8 Å². The van der Waals surface area contributed by atoms with E-state index < -0.39 is 6.67 Å². The number of pyridine rings is 1. The number of morpholine rings is 1. The van der Waals surface area contributed by atoms with Crippen molar-refractivity contribution in [3.63, 3.8) is 0 Å². The van der Waals surface area contributed by atoms with Gasteiger partial charge in [0.2, 0.25) is 0 Å². The second-order valence-corrected chi connectivity index (χ2v) is 8.39. The Morgan fingerprint density at radius 1 is 1.03 bits per heavy atom. The van der Waals surface area contributed by atoms with E-state index in [1.54, 1.807) is 24.7 Å². The molecule has 2 fully saturated rings. The highest BCUT2D eigenvalue weighted by atomic mass is 19.1. The van der Waals surface area contributed by atoms with Gasteiger partial charge in [0.05, 0.1) is 24.8 Å². The van der Waals surface area contributed by atoms with Crippen molar-refractivity contribution in [2.75, 3.05) is 36.5 Å². The summed E-state index contributed by atoms with van der Waals surface area (Å²) < 4.78 is 24.7. The monoisotopic (exact) mass is 437 g/mol. The third-order valence-electron chi connectivity index (χ3n) is 6.20. The molecule has 3 heterocycles. The minimum atomic E-state index is -0.485. The van der Waals surface area contributed by atoms with Crippen LogP contribution in [0.1, 0.15) is 31.2 Å². The number of ether oxygens (including phenoxy) is 2. The van der Waals surface area contributed by atoms with Crippen LogP contribution in [0.3, 0.4) is 0 Å². The summed E-state index contributed by atoms with van der Waals surface area (Å²) in [7, 11) is 0. The zero-order chi connectivity index (χ0) is 21.8. The van der Waals surface area contributed by atoms with Crippen molar-refractivity contribution in [1.29, 1.82) is 0 Å². The maximum Gasteiger partial charge on any atom is 0.149 e. The molecular formula is C24H28FN5O2. The molecule has 1 saturated heterocycles. The van der Waals surface area contributed by atoms with Gasteiger partial charge in [0.25, 0.3) is 0 Å². The van der Waals surface area contributed by atoms with Crippen LogP contribution in [-0.2, 0) is 11.4 Å². The Bertz CT molecular complexity index is 1030. The zero-order valence-corrected chi connectivity index (χ0v) is 18.0. The predicted octanol–water partition coefficient (Wildman–Crippen LogP) is 4.13. The summed E-state index contributed by atoms with van der Waals surface area (Å²) in [4.78, 5) is 15.7. The molecule has 1 aliphatic heterocycles. The van der Waals surface area contributed by atoms with Crippen molar-refractivity contribution in [1.82, 2.24) is 15.0 Å². The number of benzene rings is 1. The third-order valence-corrected chi connectivity index (χ3v) is 6.20. The van der Waals surface area contributed by atoms with E-state index in [0.717, 1.165) is 80.3 Å². The van der Waals surface area contributed by atoms with Crippen LogP contribution in [0.4, 0.5) is 15.9 Å². The summed E-state index contributed by atoms with van der Waals surface area (Å²) in [5.41, 5.74) is 3.36. The van der Waals surface area contributed by atoms with Gasteiger partial charge >= 0.3 is 0 Å². The molecule has 1 aliphatic carbocycles. The van der Waals surface area contributed by atoms with Gasteiger partial charge in [-0.1, -0.05) is 6.07 Å². The topological polar surface area (TPSA) is 72.4 Å². The largest absolute Gasteiger partial charge is 0.488 e. The quantitative estimate of drug-likeness (QED) is 0.622. The highest BCUT2D eigenvalue weighted by Crippen LogP contribution is 2.33. The van der Waals surface area contributed by atoms with Crippen molar-refractivity contribution in [3.05, 3.63) is 48.4 Å². The van der Waals surface area contributed by atoms with Crippen LogP contribution in [0.15, 0.2) is 42.9 Å². The summed E-state index contributed by atoms with van der Waals surface area (Å²) >= 11 is 0. The van der Waals surface area contributed by atoms with Gasteiger partial charge in [0.15, 0.2) is 0 Å². The van der Waals surface area contributed by atoms with Gasteiger partial charge < -0.3 is 19.7 Å². The highest BCUT2D eigenvalue weighted by molar-refractivity contribution is 5.85. The molecule has 0 atom stereocenters. The summed E-state index contributed by atoms with van der Waals surface area (Å²) in [6, 6.07) is 8.15. The SMILES string of the molecule is FCc1ccc(NC2CCC(Oc3cc(N4CCOCC4)cc4nccnc34)CC2)nc1. The fraction of sp³-hybridized carbons (Fsp3) is 0.458. The first-order chi connectivity index (χ1) is 15.8. The van der Waals surface area contributed by atoms with Crippen LogP contribution in [0, 0.1) is 0 Å². The molecule has 1 aromatic carbocycles. The summed E-state index contributed by atoms with van der Waals surface area (Å²) in [6.45, 7) is 2.71. The average Bonchev–Trinajstić information content (AvgIpc) is 2.86. The molecule has 2 aliphatic rings. The fourth-order valence-electron chi connectivity index (χ4n) is 4.43. The van der Waals surface area contributed by atoms with Crippen LogP contribution < -0.4 is 15.0 Å². The molecule has 2 aromatic heterocycles. The van der Waals surface area contributed by atoms with E-state index in [1.165, 1.54) is 0 Å². The number of rotatable bonds is 6. The summed E-state index contributed by atoms with van der Waals surface area (Å²) in [5.74, 6) is 1.60. The van der Waals surface area contributed by atoms with Gasteiger partial charge in [-0.15, -0.1) is 0 Å². The lowest BCUT2D eigenvalue weighted by molar-refractivity contribution is 0.122. The summed E-state index contributed by atoms with van der Waals surface area (Å²) in [5, 5.41) is 3.47. The number of hydrogen-bond donors (Lipinski definition) is 1. The molecule has 32 heavy (non-hydrogen) atoms. The molecule has 5 rings (SSSR count). The molecule has 0 bridgehead atoms. The predicted molar refractivity (Wildman–Crippen MR) is 122 cm³/mol. The Balaban J connectivity index is 1.25. The van der Waals surface area contributed by atoms with Gasteiger partial charge in [-0.05, 0) is 37.8 Å². The second-order valence-electron chi connectivity index (χ2n) is 8.39. The first-order valence-corrected chi connectivity index (χ1v) is 11.3. The number of hydrogen-bond acceptors (Lipinski definition) is 7. The lowest BCUT2D eigenvalue weighted by Gasteiger charge is -2.31. The molecule has 0 amide bonds. The molecule has 3 aromatic rings. The van der Waals surface area contributed by atoms with E-state index in [4.69, 9.17) is 9.47 Å². The van der Waals surface area contributed by atoms with Crippen LogP contribution in [-0.4, -0.2) is 53.4 Å². The molecule has 0 unspecified atom stereocenters. The number of alkyl halides is 1. The van der Waals surface area contributed by atoms with Crippen molar-refractivity contribution >= 4 is 22.5 Å². The highest BCUT2D eigenvalue weighted by Gasteiger charge is 2.24. The van der Waals surface area contributed by atoms with Gasteiger partial charge in [-0.3, -0.25) is 4.98 Å². The van der Waals surface area contributed by atoms with E-state index >= 15 is 0 Å². The Morgan fingerprint density at radius 2 is 1.84 bits per heavy atom. The van der Waals surface area contributed by atoms with E-state index in [9.17, 15) is 4.39 Å². The van der Waals surface area contributed by atoms with Crippen molar-refractivity contribution in [2.24, 2.45) is 0 Å².